The molecule has 162 valence electrons. The molecule has 0 bridgehead atoms. The molecule has 1 fully saturated rings. The quantitative estimate of drug-likeness (QED) is 0.504. The van der Waals surface area contributed by atoms with Gasteiger partial charge in [0.15, 0.2) is 17.5 Å². The van der Waals surface area contributed by atoms with E-state index in [1.54, 1.807) is 7.11 Å². The number of benzene rings is 2. The summed E-state index contributed by atoms with van der Waals surface area (Å²) in [7, 11) is 3.49. The van der Waals surface area contributed by atoms with Gasteiger partial charge in [-0.25, -0.2) is 0 Å². The average molecular weight is 412 g/mol. The third kappa shape index (κ3) is 6.13. The SMILES string of the molecule is CCOc1cc(CNC(=NC)N2CCC(COCc3ccccc3)C2)ccc1OC. The molecule has 0 amide bonds. The smallest absolute Gasteiger partial charge is 0.193 e. The molecule has 1 unspecified atom stereocenters. The highest BCUT2D eigenvalue weighted by molar-refractivity contribution is 5.80. The van der Waals surface area contributed by atoms with Gasteiger partial charge in [-0.05, 0) is 36.6 Å². The van der Waals surface area contributed by atoms with E-state index in [4.69, 9.17) is 14.2 Å². The van der Waals surface area contributed by atoms with Gasteiger partial charge in [0.05, 0.1) is 26.9 Å². The van der Waals surface area contributed by atoms with E-state index in [-0.39, 0.29) is 0 Å². The van der Waals surface area contributed by atoms with Crippen molar-refractivity contribution in [3.05, 3.63) is 59.7 Å². The van der Waals surface area contributed by atoms with Crippen molar-refractivity contribution < 1.29 is 14.2 Å². The molecule has 30 heavy (non-hydrogen) atoms. The Morgan fingerprint density at radius 2 is 1.97 bits per heavy atom. The minimum Gasteiger partial charge on any atom is -0.493 e. The Labute approximate surface area is 179 Å². The van der Waals surface area contributed by atoms with E-state index >= 15 is 0 Å². The number of guanidine groups is 1. The molecule has 6 heteroatoms. The molecule has 2 aromatic rings. The summed E-state index contributed by atoms with van der Waals surface area (Å²) >= 11 is 0. The van der Waals surface area contributed by atoms with Crippen molar-refractivity contribution in [2.45, 2.75) is 26.5 Å². The van der Waals surface area contributed by atoms with Gasteiger partial charge in [0.1, 0.15) is 0 Å². The minimum absolute atomic E-state index is 0.526. The second-order valence-corrected chi connectivity index (χ2v) is 7.42. The van der Waals surface area contributed by atoms with Gasteiger partial charge < -0.3 is 24.4 Å². The Kier molecular flexibility index (Phi) is 8.39. The van der Waals surface area contributed by atoms with Gasteiger partial charge in [0, 0.05) is 32.6 Å². The summed E-state index contributed by atoms with van der Waals surface area (Å²) in [4.78, 5) is 6.78. The topological polar surface area (TPSA) is 55.3 Å². The summed E-state index contributed by atoms with van der Waals surface area (Å²) < 4.78 is 17.0. The van der Waals surface area contributed by atoms with Crippen molar-refractivity contribution >= 4 is 5.96 Å². The van der Waals surface area contributed by atoms with Crippen LogP contribution in [0.1, 0.15) is 24.5 Å². The normalized spacial score (nSPS) is 16.6. The molecule has 6 nitrogen and oxygen atoms in total. The predicted molar refractivity (Wildman–Crippen MR) is 120 cm³/mol. The van der Waals surface area contributed by atoms with Crippen molar-refractivity contribution in [2.75, 3.05) is 40.5 Å². The zero-order chi connectivity index (χ0) is 21.2. The Morgan fingerprint density at radius 1 is 1.13 bits per heavy atom. The lowest BCUT2D eigenvalue weighted by Gasteiger charge is -2.22. The van der Waals surface area contributed by atoms with Crippen LogP contribution in [0.15, 0.2) is 53.5 Å². The summed E-state index contributed by atoms with van der Waals surface area (Å²) in [6, 6.07) is 16.3. The lowest BCUT2D eigenvalue weighted by Crippen LogP contribution is -2.39. The first-order valence-corrected chi connectivity index (χ1v) is 10.6. The molecule has 0 radical (unpaired) electrons. The summed E-state index contributed by atoms with van der Waals surface area (Å²) in [5.41, 5.74) is 2.35. The number of nitrogens with zero attached hydrogens (tertiary/aromatic N) is 2. The van der Waals surface area contributed by atoms with Crippen LogP contribution in [0.4, 0.5) is 0 Å². The van der Waals surface area contributed by atoms with Gasteiger partial charge in [0.25, 0.3) is 0 Å². The van der Waals surface area contributed by atoms with Gasteiger partial charge >= 0.3 is 0 Å². The highest BCUT2D eigenvalue weighted by atomic mass is 16.5. The zero-order valence-corrected chi connectivity index (χ0v) is 18.3. The van der Waals surface area contributed by atoms with Crippen molar-refractivity contribution in [1.29, 1.82) is 0 Å². The molecule has 1 aliphatic rings. The number of ether oxygens (including phenoxy) is 3. The summed E-state index contributed by atoms with van der Waals surface area (Å²) in [6.45, 7) is 6.66. The Morgan fingerprint density at radius 3 is 2.70 bits per heavy atom. The zero-order valence-electron chi connectivity index (χ0n) is 18.3. The fraction of sp³-hybridized carbons (Fsp3) is 0.458. The fourth-order valence-corrected chi connectivity index (χ4v) is 3.69. The van der Waals surface area contributed by atoms with Crippen LogP contribution < -0.4 is 14.8 Å². The van der Waals surface area contributed by atoms with Crippen molar-refractivity contribution in [1.82, 2.24) is 10.2 Å². The molecule has 2 aromatic carbocycles. The lowest BCUT2D eigenvalue weighted by molar-refractivity contribution is 0.0906. The number of likely N-dealkylation sites (tertiary alicyclic amines) is 1. The molecule has 1 heterocycles. The van der Waals surface area contributed by atoms with Gasteiger partial charge in [0.2, 0.25) is 0 Å². The summed E-state index contributed by atoms with van der Waals surface area (Å²) in [5, 5.41) is 3.48. The molecule has 1 aliphatic heterocycles. The first-order valence-electron chi connectivity index (χ1n) is 10.6. The number of hydrogen-bond donors (Lipinski definition) is 1. The van der Waals surface area contributed by atoms with Gasteiger partial charge in [-0.15, -0.1) is 0 Å². The van der Waals surface area contributed by atoms with E-state index in [0.29, 0.717) is 25.7 Å². The van der Waals surface area contributed by atoms with Crippen LogP contribution in [-0.4, -0.2) is 51.3 Å². The highest BCUT2D eigenvalue weighted by Gasteiger charge is 2.25. The first-order chi connectivity index (χ1) is 14.7. The maximum atomic E-state index is 5.94. The fourth-order valence-electron chi connectivity index (χ4n) is 3.69. The first kappa shape index (κ1) is 22.0. The third-order valence-corrected chi connectivity index (χ3v) is 5.24. The second-order valence-electron chi connectivity index (χ2n) is 7.42. The molecule has 1 atom stereocenters. The van der Waals surface area contributed by atoms with Gasteiger partial charge in [-0.3, -0.25) is 4.99 Å². The minimum atomic E-state index is 0.526. The maximum Gasteiger partial charge on any atom is 0.193 e. The molecule has 0 aliphatic carbocycles. The Hall–Kier alpha value is -2.73. The van der Waals surface area contributed by atoms with Crippen LogP contribution in [0.2, 0.25) is 0 Å². The number of nitrogens with one attached hydrogen (secondary N) is 1. The van der Waals surface area contributed by atoms with Crippen molar-refractivity contribution in [3.63, 3.8) is 0 Å². The molecule has 0 saturated carbocycles. The van der Waals surface area contributed by atoms with Crippen molar-refractivity contribution in [3.8, 4) is 11.5 Å². The highest BCUT2D eigenvalue weighted by Crippen LogP contribution is 2.28. The molecular formula is C24H33N3O3. The van der Waals surface area contributed by atoms with Crippen LogP contribution in [0.5, 0.6) is 11.5 Å². The predicted octanol–water partition coefficient (Wildman–Crippen LogP) is 3.71. The summed E-state index contributed by atoms with van der Waals surface area (Å²) in [6.07, 6.45) is 1.12. The van der Waals surface area contributed by atoms with Crippen LogP contribution >= 0.6 is 0 Å². The molecular weight excluding hydrogens is 378 g/mol. The summed E-state index contributed by atoms with van der Waals surface area (Å²) in [5.74, 6) is 2.97. The van der Waals surface area contributed by atoms with Crippen LogP contribution in [0.25, 0.3) is 0 Å². The molecule has 0 aromatic heterocycles. The number of hydrogen-bond acceptors (Lipinski definition) is 4. The van der Waals surface area contributed by atoms with E-state index in [2.05, 4.69) is 27.3 Å². The van der Waals surface area contributed by atoms with Gasteiger partial charge in [-0.1, -0.05) is 36.4 Å². The van der Waals surface area contributed by atoms with E-state index in [0.717, 1.165) is 49.1 Å². The average Bonchev–Trinajstić information content (AvgIpc) is 3.24. The molecule has 1 N–H and O–H groups in total. The molecule has 3 rings (SSSR count). The Bertz CT molecular complexity index is 811. The van der Waals surface area contributed by atoms with E-state index < -0.39 is 0 Å². The largest absolute Gasteiger partial charge is 0.493 e. The maximum absolute atomic E-state index is 5.94. The number of rotatable bonds is 9. The Balaban J connectivity index is 1.47. The lowest BCUT2D eigenvalue weighted by atomic mass is 10.1. The monoisotopic (exact) mass is 411 g/mol. The standard InChI is InChI=1S/C24H33N3O3/c1-4-30-23-14-20(10-11-22(23)28-3)15-26-24(25-2)27-13-12-21(16-27)18-29-17-19-8-6-5-7-9-19/h5-11,14,21H,4,12-13,15-18H2,1-3H3,(H,25,26). The van der Waals surface area contributed by atoms with Crippen LogP contribution in [-0.2, 0) is 17.9 Å². The molecule has 0 spiro atoms. The van der Waals surface area contributed by atoms with Crippen molar-refractivity contribution in [2.24, 2.45) is 10.9 Å². The third-order valence-electron chi connectivity index (χ3n) is 5.24. The van der Waals surface area contributed by atoms with Gasteiger partial charge in [-0.2, -0.15) is 0 Å². The van der Waals surface area contributed by atoms with Crippen LogP contribution in [0.3, 0.4) is 0 Å². The van der Waals surface area contributed by atoms with Crippen LogP contribution in [0, 0.1) is 5.92 Å². The number of aliphatic imine (C=N–C) groups is 1. The van der Waals surface area contributed by atoms with E-state index in [1.165, 1.54) is 5.56 Å². The second kappa shape index (κ2) is 11.5. The van der Waals surface area contributed by atoms with E-state index in [1.807, 2.05) is 50.4 Å². The van der Waals surface area contributed by atoms with E-state index in [9.17, 15) is 0 Å². The molecule has 1 saturated heterocycles. The number of methoxy groups -OCH3 is 1.